The Morgan fingerprint density at radius 3 is 2.74 bits per heavy atom. The molecular formula is C14H23N3O2. The van der Waals surface area contributed by atoms with Crippen LogP contribution in [0.2, 0.25) is 0 Å². The summed E-state index contributed by atoms with van der Waals surface area (Å²) in [5, 5.41) is 4.11. The third-order valence-corrected chi connectivity index (χ3v) is 3.95. The number of hydrogen-bond acceptors (Lipinski definition) is 5. The van der Waals surface area contributed by atoms with Crippen LogP contribution in [0.3, 0.4) is 0 Å². The lowest BCUT2D eigenvalue weighted by Crippen LogP contribution is -2.30. The van der Waals surface area contributed by atoms with E-state index in [1.165, 1.54) is 12.8 Å². The Morgan fingerprint density at radius 1 is 1.32 bits per heavy atom. The monoisotopic (exact) mass is 265 g/mol. The highest BCUT2D eigenvalue weighted by Gasteiger charge is 2.45. The quantitative estimate of drug-likeness (QED) is 0.818. The van der Waals surface area contributed by atoms with Crippen molar-refractivity contribution in [1.29, 1.82) is 0 Å². The molecule has 0 unspecified atom stereocenters. The zero-order chi connectivity index (χ0) is 13.5. The molecule has 19 heavy (non-hydrogen) atoms. The van der Waals surface area contributed by atoms with Crippen LogP contribution in [0.15, 0.2) is 4.52 Å². The molecule has 0 amide bonds. The molecule has 2 aliphatic rings. The summed E-state index contributed by atoms with van der Waals surface area (Å²) in [6.45, 7) is 10.8. The number of nitrogens with zero attached hydrogens (tertiary/aromatic N) is 3. The Labute approximate surface area is 114 Å². The first kappa shape index (κ1) is 13.1. The first-order valence-electron chi connectivity index (χ1n) is 7.10. The van der Waals surface area contributed by atoms with E-state index in [0.29, 0.717) is 5.41 Å². The van der Waals surface area contributed by atoms with Gasteiger partial charge in [0.1, 0.15) is 0 Å². The maximum Gasteiger partial charge on any atom is 0.232 e. The summed E-state index contributed by atoms with van der Waals surface area (Å²) < 4.78 is 11.0. The fourth-order valence-electron chi connectivity index (χ4n) is 2.52. The number of aromatic nitrogens is 2. The molecule has 0 radical (unpaired) electrons. The zero-order valence-electron chi connectivity index (χ0n) is 12.1. The van der Waals surface area contributed by atoms with Crippen LogP contribution >= 0.6 is 0 Å². The van der Waals surface area contributed by atoms with Crippen molar-refractivity contribution >= 4 is 0 Å². The average Bonchev–Trinajstić information content (AvgIpc) is 2.97. The Morgan fingerprint density at radius 2 is 2.11 bits per heavy atom. The van der Waals surface area contributed by atoms with Gasteiger partial charge in [0.25, 0.3) is 0 Å². The average molecular weight is 265 g/mol. The lowest BCUT2D eigenvalue weighted by atomic mass is 9.97. The van der Waals surface area contributed by atoms with Gasteiger partial charge in [0, 0.05) is 23.9 Å². The van der Waals surface area contributed by atoms with E-state index < -0.39 is 0 Å². The Bertz CT molecular complexity index is 446. The topological polar surface area (TPSA) is 51.4 Å². The van der Waals surface area contributed by atoms with Crippen molar-refractivity contribution in [3.63, 3.8) is 0 Å². The van der Waals surface area contributed by atoms with Crippen molar-refractivity contribution in [3.05, 3.63) is 11.7 Å². The second kappa shape index (κ2) is 4.56. The highest BCUT2D eigenvalue weighted by atomic mass is 16.5. The van der Waals surface area contributed by atoms with Gasteiger partial charge in [-0.05, 0) is 12.8 Å². The highest BCUT2D eigenvalue weighted by Crippen LogP contribution is 2.47. The summed E-state index contributed by atoms with van der Waals surface area (Å²) in [6, 6.07) is 0. The molecule has 1 aromatic heterocycles. The van der Waals surface area contributed by atoms with Crippen molar-refractivity contribution in [2.45, 2.75) is 45.6 Å². The van der Waals surface area contributed by atoms with Crippen molar-refractivity contribution in [1.82, 2.24) is 15.0 Å². The van der Waals surface area contributed by atoms with Gasteiger partial charge in [-0.3, -0.25) is 4.90 Å². The Kier molecular flexibility index (Phi) is 3.14. The van der Waals surface area contributed by atoms with Crippen molar-refractivity contribution in [3.8, 4) is 0 Å². The summed E-state index contributed by atoms with van der Waals surface area (Å²) in [6.07, 6.45) is 2.59. The van der Waals surface area contributed by atoms with E-state index in [0.717, 1.165) is 44.6 Å². The van der Waals surface area contributed by atoms with Crippen LogP contribution < -0.4 is 0 Å². The van der Waals surface area contributed by atoms with E-state index in [9.17, 15) is 0 Å². The number of ether oxygens (including phenoxy) is 1. The zero-order valence-corrected chi connectivity index (χ0v) is 12.1. The van der Waals surface area contributed by atoms with Gasteiger partial charge in [-0.2, -0.15) is 4.98 Å². The molecule has 1 aromatic rings. The molecule has 1 saturated heterocycles. The minimum atomic E-state index is -0.0785. The molecule has 2 heterocycles. The fraction of sp³-hybridized carbons (Fsp3) is 0.857. The lowest BCUT2D eigenvalue weighted by Gasteiger charge is -2.21. The molecule has 3 rings (SSSR count). The second-order valence-electron chi connectivity index (χ2n) is 7.03. The minimum Gasteiger partial charge on any atom is -0.379 e. The number of rotatable bonds is 2. The molecule has 1 aliphatic heterocycles. The largest absolute Gasteiger partial charge is 0.379 e. The maximum absolute atomic E-state index is 5.69. The molecule has 0 atom stereocenters. The first-order valence-corrected chi connectivity index (χ1v) is 7.10. The van der Waals surface area contributed by atoms with Gasteiger partial charge in [0.05, 0.1) is 19.8 Å². The molecule has 1 spiro atoms. The molecule has 1 aliphatic carbocycles. The predicted molar refractivity (Wildman–Crippen MR) is 70.8 cm³/mol. The van der Waals surface area contributed by atoms with E-state index in [1.807, 2.05) is 0 Å². The van der Waals surface area contributed by atoms with Gasteiger partial charge in [0.2, 0.25) is 5.89 Å². The molecule has 0 aromatic carbocycles. The van der Waals surface area contributed by atoms with Crippen molar-refractivity contribution in [2.24, 2.45) is 5.41 Å². The molecule has 0 N–H and O–H groups in total. The summed E-state index contributed by atoms with van der Waals surface area (Å²) in [5.41, 5.74) is 0.345. The van der Waals surface area contributed by atoms with Crippen LogP contribution in [0, 0.1) is 5.41 Å². The van der Waals surface area contributed by atoms with Crippen LogP contribution in [0.1, 0.15) is 45.3 Å². The van der Waals surface area contributed by atoms with Crippen LogP contribution in [0.25, 0.3) is 0 Å². The van der Waals surface area contributed by atoms with Gasteiger partial charge in [-0.25, -0.2) is 0 Å². The van der Waals surface area contributed by atoms with Crippen molar-refractivity contribution in [2.75, 3.05) is 26.3 Å². The Hall–Kier alpha value is -0.940. The number of hydrogen-bond donors (Lipinski definition) is 0. The predicted octanol–water partition coefficient (Wildman–Crippen LogP) is 1.98. The first-order chi connectivity index (χ1) is 8.97. The summed E-state index contributed by atoms with van der Waals surface area (Å²) in [5.74, 6) is 1.51. The SMILES string of the molecule is CC(C)(C)c1nc(CN2CCOCC3(CC3)C2)no1. The molecule has 5 nitrogen and oxygen atoms in total. The smallest absolute Gasteiger partial charge is 0.232 e. The standard InChI is InChI=1S/C14H23N3O2/c1-13(2,3)12-15-11(16-19-12)8-17-6-7-18-10-14(9-17)4-5-14/h4-10H2,1-3H3. The summed E-state index contributed by atoms with van der Waals surface area (Å²) >= 11 is 0. The van der Waals surface area contributed by atoms with Crippen LogP contribution in [0.5, 0.6) is 0 Å². The molecule has 1 saturated carbocycles. The van der Waals surface area contributed by atoms with E-state index in [4.69, 9.17) is 9.26 Å². The Balaban J connectivity index is 1.65. The van der Waals surface area contributed by atoms with Crippen LogP contribution in [-0.2, 0) is 16.7 Å². The van der Waals surface area contributed by atoms with E-state index >= 15 is 0 Å². The van der Waals surface area contributed by atoms with Crippen LogP contribution in [0.4, 0.5) is 0 Å². The molecular weight excluding hydrogens is 242 g/mol. The van der Waals surface area contributed by atoms with Gasteiger partial charge < -0.3 is 9.26 Å². The molecule has 106 valence electrons. The fourth-order valence-corrected chi connectivity index (χ4v) is 2.52. The third kappa shape index (κ3) is 2.98. The molecule has 2 fully saturated rings. The minimum absolute atomic E-state index is 0.0785. The van der Waals surface area contributed by atoms with E-state index in [2.05, 4.69) is 35.8 Å². The molecule has 0 bridgehead atoms. The second-order valence-corrected chi connectivity index (χ2v) is 7.03. The van der Waals surface area contributed by atoms with Gasteiger partial charge in [0.15, 0.2) is 5.82 Å². The maximum atomic E-state index is 5.69. The third-order valence-electron chi connectivity index (χ3n) is 3.95. The van der Waals surface area contributed by atoms with Gasteiger partial charge in [-0.15, -0.1) is 0 Å². The van der Waals surface area contributed by atoms with Gasteiger partial charge in [-0.1, -0.05) is 25.9 Å². The normalized spacial score (nSPS) is 23.5. The van der Waals surface area contributed by atoms with E-state index in [1.54, 1.807) is 0 Å². The molecule has 5 heteroatoms. The van der Waals surface area contributed by atoms with E-state index in [-0.39, 0.29) is 5.41 Å². The highest BCUT2D eigenvalue weighted by molar-refractivity contribution is 5.00. The lowest BCUT2D eigenvalue weighted by molar-refractivity contribution is 0.115. The van der Waals surface area contributed by atoms with Crippen LogP contribution in [-0.4, -0.2) is 41.3 Å². The van der Waals surface area contributed by atoms with Gasteiger partial charge >= 0.3 is 0 Å². The van der Waals surface area contributed by atoms with Crippen molar-refractivity contribution < 1.29 is 9.26 Å². The summed E-state index contributed by atoms with van der Waals surface area (Å²) in [7, 11) is 0. The summed E-state index contributed by atoms with van der Waals surface area (Å²) in [4.78, 5) is 6.91.